The highest BCUT2D eigenvalue weighted by atomic mass is 15.3. The van der Waals surface area contributed by atoms with E-state index in [-0.39, 0.29) is 11.5 Å². The second-order valence-corrected chi connectivity index (χ2v) is 4.24. The Morgan fingerprint density at radius 3 is 2.54 bits per heavy atom. The minimum atomic E-state index is -0.0731. The molecular weight excluding hydrogens is 162 g/mol. The Bertz CT molecular complexity index is 325. The van der Waals surface area contributed by atoms with Crippen LogP contribution >= 0.6 is 0 Å². The summed E-state index contributed by atoms with van der Waals surface area (Å²) < 4.78 is 1.89. The first-order valence-corrected chi connectivity index (χ1v) is 4.40. The first-order chi connectivity index (χ1) is 5.95. The lowest BCUT2D eigenvalue weighted by Crippen LogP contribution is -2.21. The molecule has 1 heterocycles. The van der Waals surface area contributed by atoms with Gasteiger partial charge in [0.05, 0.1) is 23.7 Å². The van der Waals surface area contributed by atoms with E-state index in [9.17, 15) is 0 Å². The molecule has 0 fully saturated rings. The average Bonchev–Trinajstić information content (AvgIpc) is 2.50. The summed E-state index contributed by atoms with van der Waals surface area (Å²) in [5.41, 5.74) is 0.977. The summed E-state index contributed by atoms with van der Waals surface area (Å²) in [5.74, 6) is -0.0731. The number of nitrogens with zero attached hydrogens (tertiary/aromatic N) is 3. The summed E-state index contributed by atoms with van der Waals surface area (Å²) in [6.07, 6.45) is 3.70. The van der Waals surface area contributed by atoms with Crippen LogP contribution in [0.1, 0.15) is 39.2 Å². The zero-order valence-corrected chi connectivity index (χ0v) is 8.57. The van der Waals surface area contributed by atoms with E-state index in [0.717, 1.165) is 5.56 Å². The topological polar surface area (TPSA) is 41.6 Å². The van der Waals surface area contributed by atoms with Gasteiger partial charge in [-0.3, -0.25) is 4.68 Å². The van der Waals surface area contributed by atoms with Crippen LogP contribution in [-0.4, -0.2) is 9.78 Å². The van der Waals surface area contributed by atoms with Crippen LogP contribution in [0, 0.1) is 11.3 Å². The van der Waals surface area contributed by atoms with E-state index in [1.54, 1.807) is 6.20 Å². The quantitative estimate of drug-likeness (QED) is 0.660. The summed E-state index contributed by atoms with van der Waals surface area (Å²) >= 11 is 0. The second kappa shape index (κ2) is 3.21. The fourth-order valence-corrected chi connectivity index (χ4v) is 1.00. The molecule has 1 aromatic heterocycles. The van der Waals surface area contributed by atoms with E-state index < -0.39 is 0 Å². The highest BCUT2D eigenvalue weighted by Crippen LogP contribution is 2.17. The van der Waals surface area contributed by atoms with Crippen molar-refractivity contribution in [1.29, 1.82) is 5.26 Å². The van der Waals surface area contributed by atoms with Crippen LogP contribution in [0.5, 0.6) is 0 Å². The second-order valence-electron chi connectivity index (χ2n) is 4.24. The lowest BCUT2D eigenvalue weighted by atomic mass is 10.1. The Morgan fingerprint density at radius 2 is 2.15 bits per heavy atom. The van der Waals surface area contributed by atoms with Crippen molar-refractivity contribution in [1.82, 2.24) is 9.78 Å². The zero-order chi connectivity index (χ0) is 10.1. The summed E-state index contributed by atoms with van der Waals surface area (Å²) in [6, 6.07) is 2.19. The molecule has 0 N–H and O–H groups in total. The van der Waals surface area contributed by atoms with Crippen molar-refractivity contribution >= 4 is 0 Å². The zero-order valence-electron chi connectivity index (χ0n) is 8.57. The Kier molecular flexibility index (Phi) is 2.42. The minimum absolute atomic E-state index is 0.00652. The first-order valence-electron chi connectivity index (χ1n) is 4.40. The normalized spacial score (nSPS) is 13.8. The standard InChI is InChI=1S/C10H15N3/c1-8(5-11)9-6-12-13(7-9)10(2,3)4/h6-8H,1-4H3. The maximum atomic E-state index is 8.71. The van der Waals surface area contributed by atoms with Gasteiger partial charge in [0.15, 0.2) is 0 Å². The number of aromatic nitrogens is 2. The fraction of sp³-hybridized carbons (Fsp3) is 0.600. The molecule has 0 bridgehead atoms. The molecule has 0 amide bonds. The van der Waals surface area contributed by atoms with Gasteiger partial charge in [0.1, 0.15) is 0 Å². The molecule has 0 radical (unpaired) electrons. The Labute approximate surface area is 79.0 Å². The van der Waals surface area contributed by atoms with Crippen molar-refractivity contribution in [3.05, 3.63) is 18.0 Å². The molecule has 1 unspecified atom stereocenters. The van der Waals surface area contributed by atoms with Crippen molar-refractivity contribution in [2.24, 2.45) is 0 Å². The van der Waals surface area contributed by atoms with Crippen LogP contribution in [-0.2, 0) is 5.54 Å². The van der Waals surface area contributed by atoms with Gasteiger partial charge in [0, 0.05) is 11.8 Å². The van der Waals surface area contributed by atoms with Crippen LogP contribution in [0.3, 0.4) is 0 Å². The van der Waals surface area contributed by atoms with Crippen molar-refractivity contribution in [3.63, 3.8) is 0 Å². The molecule has 13 heavy (non-hydrogen) atoms. The molecule has 0 aliphatic heterocycles. The van der Waals surface area contributed by atoms with Crippen molar-refractivity contribution < 1.29 is 0 Å². The largest absolute Gasteiger partial charge is 0.267 e. The third-order valence-corrected chi connectivity index (χ3v) is 1.98. The fourth-order valence-electron chi connectivity index (χ4n) is 1.00. The third-order valence-electron chi connectivity index (χ3n) is 1.98. The Morgan fingerprint density at radius 1 is 1.54 bits per heavy atom. The molecule has 0 saturated carbocycles. The average molecular weight is 177 g/mol. The maximum absolute atomic E-state index is 8.71. The van der Waals surface area contributed by atoms with Gasteiger partial charge in [-0.1, -0.05) is 0 Å². The van der Waals surface area contributed by atoms with Gasteiger partial charge in [-0.2, -0.15) is 10.4 Å². The van der Waals surface area contributed by atoms with Gasteiger partial charge in [-0.25, -0.2) is 0 Å². The predicted molar refractivity (Wildman–Crippen MR) is 51.3 cm³/mol. The van der Waals surface area contributed by atoms with Crippen LogP contribution in [0.25, 0.3) is 0 Å². The molecular formula is C10H15N3. The lowest BCUT2D eigenvalue weighted by molar-refractivity contribution is 0.355. The molecule has 0 aliphatic rings. The number of rotatable bonds is 1. The smallest absolute Gasteiger partial charge is 0.0715 e. The van der Waals surface area contributed by atoms with Crippen molar-refractivity contribution in [3.8, 4) is 6.07 Å². The van der Waals surface area contributed by atoms with Gasteiger partial charge in [0.2, 0.25) is 0 Å². The van der Waals surface area contributed by atoms with Crippen LogP contribution < -0.4 is 0 Å². The van der Waals surface area contributed by atoms with Gasteiger partial charge in [-0.05, 0) is 27.7 Å². The van der Waals surface area contributed by atoms with Crippen LogP contribution in [0.4, 0.5) is 0 Å². The number of nitriles is 1. The van der Waals surface area contributed by atoms with Gasteiger partial charge >= 0.3 is 0 Å². The molecule has 1 atom stereocenters. The van der Waals surface area contributed by atoms with E-state index in [1.807, 2.05) is 17.8 Å². The molecule has 0 aromatic carbocycles. The maximum Gasteiger partial charge on any atom is 0.0715 e. The van der Waals surface area contributed by atoms with E-state index in [2.05, 4.69) is 31.9 Å². The van der Waals surface area contributed by atoms with Crippen LogP contribution in [0.2, 0.25) is 0 Å². The van der Waals surface area contributed by atoms with Gasteiger partial charge in [0.25, 0.3) is 0 Å². The highest BCUT2D eigenvalue weighted by molar-refractivity contribution is 5.17. The monoisotopic (exact) mass is 177 g/mol. The van der Waals surface area contributed by atoms with E-state index in [0.29, 0.717) is 0 Å². The molecule has 3 nitrogen and oxygen atoms in total. The summed E-state index contributed by atoms with van der Waals surface area (Å²) in [4.78, 5) is 0. The van der Waals surface area contributed by atoms with Gasteiger partial charge < -0.3 is 0 Å². The van der Waals surface area contributed by atoms with Gasteiger partial charge in [-0.15, -0.1) is 0 Å². The van der Waals surface area contributed by atoms with E-state index in [4.69, 9.17) is 5.26 Å². The first kappa shape index (κ1) is 9.79. The lowest BCUT2D eigenvalue weighted by Gasteiger charge is -2.18. The van der Waals surface area contributed by atoms with Crippen molar-refractivity contribution in [2.75, 3.05) is 0 Å². The minimum Gasteiger partial charge on any atom is -0.267 e. The number of hydrogen-bond donors (Lipinski definition) is 0. The third kappa shape index (κ3) is 2.09. The summed E-state index contributed by atoms with van der Waals surface area (Å²) in [6.45, 7) is 8.13. The molecule has 70 valence electrons. The highest BCUT2D eigenvalue weighted by Gasteiger charge is 2.15. The molecule has 1 rings (SSSR count). The molecule has 0 spiro atoms. The molecule has 3 heteroatoms. The Balaban J connectivity index is 2.95. The Hall–Kier alpha value is -1.30. The van der Waals surface area contributed by atoms with Crippen LogP contribution in [0.15, 0.2) is 12.4 Å². The molecule has 1 aromatic rings. The predicted octanol–water partition coefficient (Wildman–Crippen LogP) is 2.27. The summed E-state index contributed by atoms with van der Waals surface area (Å²) in [7, 11) is 0. The molecule has 0 aliphatic carbocycles. The molecule has 0 saturated heterocycles. The summed E-state index contributed by atoms with van der Waals surface area (Å²) in [5, 5.41) is 12.9. The SMILES string of the molecule is CC(C#N)c1cnn(C(C)(C)C)c1. The van der Waals surface area contributed by atoms with E-state index >= 15 is 0 Å². The van der Waals surface area contributed by atoms with E-state index in [1.165, 1.54) is 0 Å². The van der Waals surface area contributed by atoms with Crippen molar-refractivity contribution in [2.45, 2.75) is 39.2 Å². The number of hydrogen-bond acceptors (Lipinski definition) is 2.